The molecule has 0 bridgehead atoms. The van der Waals surface area contributed by atoms with Gasteiger partial charge in [0.1, 0.15) is 10.3 Å². The maximum Gasteiger partial charge on any atom is 0.341 e. The summed E-state index contributed by atoms with van der Waals surface area (Å²) in [6.07, 6.45) is 0.698. The Morgan fingerprint density at radius 3 is 2.46 bits per heavy atom. The average Bonchev–Trinajstić information content (AvgIpc) is 3.73. The first kappa shape index (κ1) is 31.7. The quantitative estimate of drug-likeness (QED) is 0.109. The number of fused-ring (bicyclic) bond motifs is 1. The molecule has 0 saturated heterocycles. The minimum atomic E-state index is -0.617. The number of thioether (sulfide) groups is 1. The molecule has 2 N–H and O–H groups in total. The fourth-order valence-corrected chi connectivity index (χ4v) is 8.39. The third kappa shape index (κ3) is 7.59. The van der Waals surface area contributed by atoms with Crippen LogP contribution in [0, 0.1) is 0 Å². The second kappa shape index (κ2) is 14.9. The molecule has 2 aromatic heterocycles. The third-order valence-corrected chi connectivity index (χ3v) is 10.8. The molecule has 1 atom stereocenters. The van der Waals surface area contributed by atoms with E-state index < -0.39 is 11.2 Å². The zero-order chi connectivity index (χ0) is 31.9. The molecule has 6 rings (SSSR count). The minimum absolute atomic E-state index is 0.176. The van der Waals surface area contributed by atoms with Crippen molar-refractivity contribution in [2.45, 2.75) is 36.6 Å². The van der Waals surface area contributed by atoms with E-state index in [1.807, 2.05) is 84.2 Å². The Morgan fingerprint density at radius 1 is 0.935 bits per heavy atom. The fraction of sp³-hybridized carbons (Fsp3) is 0.194. The summed E-state index contributed by atoms with van der Waals surface area (Å²) >= 11 is 4.22. The molecule has 0 saturated carbocycles. The number of nitrogens with one attached hydrogen (secondary N) is 2. The van der Waals surface area contributed by atoms with E-state index in [0.29, 0.717) is 34.1 Å². The van der Waals surface area contributed by atoms with Crippen LogP contribution in [-0.4, -0.2) is 35.8 Å². The smallest absolute Gasteiger partial charge is 0.341 e. The van der Waals surface area contributed by atoms with Crippen molar-refractivity contribution in [3.05, 3.63) is 134 Å². The van der Waals surface area contributed by atoms with Gasteiger partial charge in [0.2, 0.25) is 5.91 Å². The molecule has 46 heavy (non-hydrogen) atoms. The van der Waals surface area contributed by atoms with Crippen LogP contribution in [-0.2, 0) is 29.0 Å². The summed E-state index contributed by atoms with van der Waals surface area (Å²) in [4.78, 5) is 44.9. The Bertz CT molecular complexity index is 1810. The highest BCUT2D eigenvalue weighted by Crippen LogP contribution is 2.41. The largest absolute Gasteiger partial charge is 0.462 e. The topological polar surface area (TPSA) is 87.7 Å². The van der Waals surface area contributed by atoms with Crippen molar-refractivity contribution in [2.75, 3.05) is 23.8 Å². The highest BCUT2D eigenvalue weighted by atomic mass is 32.2. The normalized spacial score (nSPS) is 13.4. The lowest BCUT2D eigenvalue weighted by atomic mass is 10.0. The van der Waals surface area contributed by atoms with Gasteiger partial charge >= 0.3 is 5.97 Å². The number of benzene rings is 3. The van der Waals surface area contributed by atoms with Crippen LogP contribution in [0.3, 0.4) is 0 Å². The zero-order valence-corrected chi connectivity index (χ0v) is 27.7. The van der Waals surface area contributed by atoms with Gasteiger partial charge in [-0.1, -0.05) is 72.8 Å². The van der Waals surface area contributed by atoms with Crippen molar-refractivity contribution in [1.82, 2.24) is 4.90 Å². The summed E-state index contributed by atoms with van der Waals surface area (Å²) in [5, 5.41) is 7.84. The van der Waals surface area contributed by atoms with Crippen LogP contribution in [0.15, 0.2) is 107 Å². The summed E-state index contributed by atoms with van der Waals surface area (Å²) in [6, 6.07) is 31.0. The Morgan fingerprint density at radius 2 is 1.72 bits per heavy atom. The molecule has 2 amide bonds. The molecule has 1 aliphatic heterocycles. The van der Waals surface area contributed by atoms with Crippen LogP contribution >= 0.6 is 34.4 Å². The van der Waals surface area contributed by atoms with Crippen molar-refractivity contribution in [3.8, 4) is 0 Å². The van der Waals surface area contributed by atoms with E-state index in [1.54, 1.807) is 13.0 Å². The van der Waals surface area contributed by atoms with Crippen LogP contribution in [0.5, 0.6) is 0 Å². The van der Waals surface area contributed by atoms with E-state index in [1.165, 1.54) is 40.0 Å². The van der Waals surface area contributed by atoms with Crippen LogP contribution < -0.4 is 10.6 Å². The van der Waals surface area contributed by atoms with Gasteiger partial charge in [-0.15, -0.1) is 34.4 Å². The number of carbonyl (C=O) groups excluding carboxylic acids is 3. The highest BCUT2D eigenvalue weighted by Gasteiger charge is 2.31. The van der Waals surface area contributed by atoms with E-state index in [2.05, 4.69) is 27.7 Å². The molecular weight excluding hydrogens is 635 g/mol. The van der Waals surface area contributed by atoms with Crippen molar-refractivity contribution in [1.29, 1.82) is 0 Å². The summed E-state index contributed by atoms with van der Waals surface area (Å²) in [6.45, 7) is 4.35. The van der Waals surface area contributed by atoms with Crippen LogP contribution in [0.25, 0.3) is 0 Å². The Balaban J connectivity index is 1.25. The number of anilines is 2. The number of nitrogens with zero attached hydrogens (tertiary/aromatic N) is 1. The van der Waals surface area contributed by atoms with E-state index in [0.717, 1.165) is 34.0 Å². The van der Waals surface area contributed by atoms with Crippen molar-refractivity contribution in [3.63, 3.8) is 0 Å². The van der Waals surface area contributed by atoms with Gasteiger partial charge < -0.3 is 15.4 Å². The van der Waals surface area contributed by atoms with Gasteiger partial charge in [-0.05, 0) is 59.7 Å². The van der Waals surface area contributed by atoms with Crippen LogP contribution in [0.1, 0.15) is 53.8 Å². The van der Waals surface area contributed by atoms with E-state index in [9.17, 15) is 14.4 Å². The summed E-state index contributed by atoms with van der Waals surface area (Å²) < 4.78 is 5.47. The SMILES string of the molecule is CCOC(=O)c1c(NC(=O)C(Sc2cccc(NC(=O)c3cccs3)c2)c2ccccc2)sc2c1CCN(Cc1ccccc1)C2. The summed E-state index contributed by atoms with van der Waals surface area (Å²) in [5.74, 6) is -0.829. The van der Waals surface area contributed by atoms with Crippen molar-refractivity contribution >= 4 is 62.9 Å². The molecule has 234 valence electrons. The number of rotatable bonds is 11. The van der Waals surface area contributed by atoms with E-state index in [-0.39, 0.29) is 18.4 Å². The number of amides is 2. The van der Waals surface area contributed by atoms with Gasteiger partial charge in [0, 0.05) is 35.1 Å². The van der Waals surface area contributed by atoms with Gasteiger partial charge in [0.05, 0.1) is 17.0 Å². The highest BCUT2D eigenvalue weighted by molar-refractivity contribution is 8.00. The minimum Gasteiger partial charge on any atom is -0.462 e. The molecule has 3 aromatic carbocycles. The molecule has 3 heterocycles. The predicted octanol–water partition coefficient (Wildman–Crippen LogP) is 8.27. The average molecular weight is 668 g/mol. The summed E-state index contributed by atoms with van der Waals surface area (Å²) in [7, 11) is 0. The molecule has 0 radical (unpaired) electrons. The van der Waals surface area contributed by atoms with Gasteiger partial charge in [-0.2, -0.15) is 0 Å². The maximum atomic E-state index is 14.1. The number of hydrogen-bond acceptors (Lipinski definition) is 8. The fourth-order valence-electron chi connectivity index (χ4n) is 5.40. The van der Waals surface area contributed by atoms with Gasteiger partial charge in [0.25, 0.3) is 5.91 Å². The monoisotopic (exact) mass is 667 g/mol. The van der Waals surface area contributed by atoms with Gasteiger partial charge in [-0.25, -0.2) is 4.79 Å². The van der Waals surface area contributed by atoms with Crippen LogP contribution in [0.2, 0.25) is 0 Å². The molecule has 10 heteroatoms. The first-order valence-corrected chi connectivity index (χ1v) is 17.6. The van der Waals surface area contributed by atoms with E-state index in [4.69, 9.17) is 4.74 Å². The maximum absolute atomic E-state index is 14.1. The molecular formula is C36H33N3O4S3. The molecule has 0 fully saturated rings. The summed E-state index contributed by atoms with van der Waals surface area (Å²) in [5.41, 5.74) is 4.13. The second-order valence-electron chi connectivity index (χ2n) is 10.7. The lowest BCUT2D eigenvalue weighted by Crippen LogP contribution is -2.30. The number of thiophene rings is 2. The Labute approximate surface area is 280 Å². The number of ether oxygens (including phenoxy) is 1. The Hall–Kier alpha value is -4.22. The number of esters is 1. The zero-order valence-electron chi connectivity index (χ0n) is 25.2. The number of hydrogen-bond donors (Lipinski definition) is 2. The first-order valence-electron chi connectivity index (χ1n) is 15.0. The molecule has 7 nitrogen and oxygen atoms in total. The molecule has 1 aliphatic rings. The number of carbonyl (C=O) groups is 3. The second-order valence-corrected chi connectivity index (χ2v) is 14.0. The molecule has 1 unspecified atom stereocenters. The van der Waals surface area contributed by atoms with Gasteiger partial charge in [-0.3, -0.25) is 14.5 Å². The first-order chi connectivity index (χ1) is 22.5. The van der Waals surface area contributed by atoms with E-state index >= 15 is 0 Å². The molecule has 5 aromatic rings. The lowest BCUT2D eigenvalue weighted by molar-refractivity contribution is -0.115. The van der Waals surface area contributed by atoms with Gasteiger partial charge in [0.15, 0.2) is 0 Å². The van der Waals surface area contributed by atoms with Crippen LogP contribution in [0.4, 0.5) is 10.7 Å². The standard InChI is InChI=1S/C36H33N3O4S3/c1-2-43-36(42)31-28-18-19-39(22-24-11-5-3-6-12-24)23-30(28)46-35(31)38-34(41)32(25-13-7-4-8-14-25)45-27-16-9-15-26(21-27)37-33(40)29-17-10-20-44-29/h3-17,20-21,32H,2,18-19,22-23H2,1H3,(H,37,40)(H,38,41). The Kier molecular flexibility index (Phi) is 10.3. The predicted molar refractivity (Wildman–Crippen MR) is 187 cm³/mol. The van der Waals surface area contributed by atoms with Crippen molar-refractivity contribution < 1.29 is 19.1 Å². The van der Waals surface area contributed by atoms with Crippen molar-refractivity contribution in [2.24, 2.45) is 0 Å². The molecule has 0 spiro atoms. The lowest BCUT2D eigenvalue weighted by Gasteiger charge is -2.27. The molecule has 0 aliphatic carbocycles. The third-order valence-electron chi connectivity index (χ3n) is 7.53.